The standard InChI is InChI=1S/C39H52I6N6O16.C18H24I3N3O8/c1-4-15(5-7-46-34(62)20-24(40)22(38(66)50(2)9-16(56)11-52)28(44)30(26(20)42)48-36(64)32(60)18(58)13-54)6-8-47-35(63)21-25(41)23(39(67)51(3)10-17(57)12-53)29(45)31(27(21)43)49-37(65)33(61)19(59)14-55;1-3-22-16(30)9-11(19)10(18(32)24(2)4-7(27)5-25)13(21)14(12(9)20)23-17(31)15(29)8(28)6-26/h15-19,32-33,52-61H,4-14H2,1-3H3,(H,46,62)(H,47,63)(H,48,64)(H,49,65);7-8,15,25-29H,3-6H2,1-2H3,(H,22,30)(H,23,31). The molecule has 3 rings (SSSR count). The molecular formula is C57H76I9N9O24. The van der Waals surface area contributed by atoms with Gasteiger partial charge in [-0.15, -0.1) is 0 Å². The molecule has 9 amide bonds. The van der Waals surface area contributed by atoms with E-state index in [1.807, 2.05) is 120 Å². The molecule has 3 aromatic rings. The molecule has 3 aromatic carbocycles. The molecule has 0 aliphatic heterocycles. The van der Waals surface area contributed by atoms with Gasteiger partial charge in [-0.3, -0.25) is 43.2 Å². The number of hydrogen-bond donors (Lipinski definition) is 21. The molecule has 0 heterocycles. The largest absolute Gasteiger partial charge is 0.394 e. The van der Waals surface area contributed by atoms with E-state index in [0.29, 0.717) is 32.9 Å². The maximum atomic E-state index is 13.9. The summed E-state index contributed by atoms with van der Waals surface area (Å²) < 4.78 is 1.91. The number of hydrogen-bond acceptors (Lipinski definition) is 24. The number of aliphatic hydroxyl groups excluding tert-OH is 15. The van der Waals surface area contributed by atoms with Gasteiger partial charge in [0.25, 0.3) is 53.2 Å². The normalized spacial score (nSPS) is 14.3. The minimum atomic E-state index is -2.07. The second-order valence-corrected chi connectivity index (χ2v) is 31.3. The molecule has 99 heavy (non-hydrogen) atoms. The Morgan fingerprint density at radius 3 is 0.798 bits per heavy atom. The van der Waals surface area contributed by atoms with Crippen LogP contribution in [0.3, 0.4) is 0 Å². The van der Waals surface area contributed by atoms with Crippen molar-refractivity contribution in [1.82, 2.24) is 30.7 Å². The Labute approximate surface area is 690 Å². The van der Waals surface area contributed by atoms with Gasteiger partial charge < -0.3 is 123 Å². The monoisotopic (exact) mass is 2410 g/mol. The van der Waals surface area contributed by atoms with Gasteiger partial charge in [0.05, 0.1) is 130 Å². The maximum Gasteiger partial charge on any atom is 0.256 e. The van der Waals surface area contributed by atoms with E-state index in [1.165, 1.54) is 26.0 Å². The predicted molar refractivity (Wildman–Crippen MR) is 433 cm³/mol. The van der Waals surface area contributed by atoms with E-state index in [4.69, 9.17) is 10.2 Å². The number of carbonyl (C=O) groups is 9. The number of nitrogens with zero attached hydrogens (tertiary/aromatic N) is 3. The number of rotatable bonds is 35. The molecule has 0 spiro atoms. The molecule has 42 heteroatoms. The minimum absolute atomic E-state index is 0.0149. The summed E-state index contributed by atoms with van der Waals surface area (Å²) >= 11 is 16.3. The smallest absolute Gasteiger partial charge is 0.256 e. The zero-order valence-electron chi connectivity index (χ0n) is 53.0. The van der Waals surface area contributed by atoms with Crippen LogP contribution in [0, 0.1) is 38.0 Å². The van der Waals surface area contributed by atoms with Crippen LogP contribution < -0.4 is 31.9 Å². The highest BCUT2D eigenvalue weighted by molar-refractivity contribution is 14.1. The Bertz CT molecular complexity index is 3240. The SMILES string of the molecule is CCC(CCNC(=O)c1c(I)c(NC(=O)C(O)C(O)CO)c(I)c(C(=O)N(C)CC(O)CO)c1I)CCNC(=O)c1c(I)c(NC(=O)C(O)C(O)CO)c(I)c(C(=O)N(C)CC(O)CO)c1I.CCNC(=O)c1c(I)c(NC(=O)C(O)C(O)CO)c(I)c(C(=O)N(C)CC(O)CO)c1I. The van der Waals surface area contributed by atoms with Gasteiger partial charge in [-0.25, -0.2) is 0 Å². The third-order valence-corrected chi connectivity index (χ3v) is 23.9. The molecule has 0 aliphatic rings. The van der Waals surface area contributed by atoms with E-state index in [9.17, 15) is 110 Å². The average Bonchev–Trinajstić information content (AvgIpc) is 0.778. The van der Waals surface area contributed by atoms with Gasteiger partial charge in [-0.1, -0.05) is 13.3 Å². The number of aliphatic hydroxyl groups is 15. The lowest BCUT2D eigenvalue weighted by molar-refractivity contribution is -0.131. The molecule has 0 bridgehead atoms. The minimum Gasteiger partial charge on any atom is -0.394 e. The average molecular weight is 2410 g/mol. The number of anilines is 3. The van der Waals surface area contributed by atoms with E-state index in [0.717, 1.165) is 9.80 Å². The number of amides is 9. The highest BCUT2D eigenvalue weighted by atomic mass is 127. The van der Waals surface area contributed by atoms with E-state index in [1.54, 1.807) is 97.3 Å². The second-order valence-electron chi connectivity index (χ2n) is 21.5. The van der Waals surface area contributed by atoms with Crippen LogP contribution in [0.25, 0.3) is 0 Å². The molecule has 556 valence electrons. The van der Waals surface area contributed by atoms with Crippen LogP contribution in [-0.2, 0) is 14.4 Å². The topological polar surface area (TPSA) is 539 Å². The molecule has 0 aromatic heterocycles. The summed E-state index contributed by atoms with van der Waals surface area (Å²) in [5, 5.41) is 160. The molecule has 33 nitrogen and oxygen atoms in total. The fourth-order valence-electron chi connectivity index (χ4n) is 8.60. The zero-order valence-corrected chi connectivity index (χ0v) is 72.4. The predicted octanol–water partition coefficient (Wildman–Crippen LogP) is -1.24. The van der Waals surface area contributed by atoms with E-state index < -0.39 is 148 Å². The first-order valence-corrected chi connectivity index (χ1v) is 38.9. The lowest BCUT2D eigenvalue weighted by Crippen LogP contribution is -2.41. The fraction of sp³-hybridized carbons (Fsp3) is 0.526. The molecule has 9 unspecified atom stereocenters. The van der Waals surface area contributed by atoms with E-state index in [-0.39, 0.29) is 114 Å². The number of nitrogens with one attached hydrogen (secondary N) is 6. The molecule has 0 aliphatic carbocycles. The molecule has 0 fully saturated rings. The van der Waals surface area contributed by atoms with Crippen LogP contribution in [0.1, 0.15) is 95.3 Å². The summed E-state index contributed by atoms with van der Waals surface area (Å²) in [7, 11) is 4.14. The summed E-state index contributed by atoms with van der Waals surface area (Å²) in [4.78, 5) is 123. The zero-order chi connectivity index (χ0) is 75.9. The summed E-state index contributed by atoms with van der Waals surface area (Å²) in [6.45, 7) is -1.11. The number of carbonyl (C=O) groups excluding carboxylic acids is 9. The van der Waals surface area contributed by atoms with Crippen molar-refractivity contribution in [1.29, 1.82) is 0 Å². The highest BCUT2D eigenvalue weighted by Crippen LogP contribution is 2.40. The summed E-state index contributed by atoms with van der Waals surface area (Å²) in [5.74, 6) is -7.07. The van der Waals surface area contributed by atoms with Gasteiger partial charge in [0.2, 0.25) is 0 Å². The van der Waals surface area contributed by atoms with Crippen LogP contribution in [-0.4, -0.2) is 299 Å². The van der Waals surface area contributed by atoms with Crippen molar-refractivity contribution in [2.75, 3.05) is 116 Å². The van der Waals surface area contributed by atoms with Gasteiger partial charge >= 0.3 is 0 Å². The van der Waals surface area contributed by atoms with Crippen LogP contribution in [0.5, 0.6) is 0 Å². The van der Waals surface area contributed by atoms with Crippen molar-refractivity contribution in [2.45, 2.75) is 88.0 Å². The van der Waals surface area contributed by atoms with Crippen molar-refractivity contribution in [3.05, 3.63) is 65.5 Å². The lowest BCUT2D eigenvalue weighted by atomic mass is 9.98. The highest BCUT2D eigenvalue weighted by Gasteiger charge is 2.37. The molecule has 0 saturated carbocycles. The molecule has 21 N–H and O–H groups in total. The third-order valence-electron chi connectivity index (χ3n) is 14.2. The van der Waals surface area contributed by atoms with Crippen molar-refractivity contribution in [3.8, 4) is 0 Å². The maximum absolute atomic E-state index is 13.9. The fourth-order valence-corrected chi connectivity index (χ4v) is 21.8. The Balaban J connectivity index is 0.000000868. The van der Waals surface area contributed by atoms with Crippen molar-refractivity contribution >= 4 is 274 Å². The molecule has 0 saturated heterocycles. The Morgan fingerprint density at radius 1 is 0.354 bits per heavy atom. The molecule has 9 atom stereocenters. The van der Waals surface area contributed by atoms with Gasteiger partial charge in [-0.05, 0) is 229 Å². The number of halogens is 9. The molecule has 0 radical (unpaired) electrons. The summed E-state index contributed by atoms with van der Waals surface area (Å²) in [6, 6.07) is 0. The lowest BCUT2D eigenvalue weighted by Gasteiger charge is -2.25. The first kappa shape index (κ1) is 93.9. The van der Waals surface area contributed by atoms with Gasteiger partial charge in [0, 0.05) is 71.1 Å². The van der Waals surface area contributed by atoms with Gasteiger partial charge in [0.1, 0.15) is 18.3 Å². The Morgan fingerprint density at radius 2 is 0.586 bits per heavy atom. The first-order chi connectivity index (χ1) is 46.3. The first-order valence-electron chi connectivity index (χ1n) is 29.2. The van der Waals surface area contributed by atoms with Crippen LogP contribution in [0.2, 0.25) is 0 Å². The van der Waals surface area contributed by atoms with E-state index >= 15 is 0 Å². The second kappa shape index (κ2) is 45.5. The van der Waals surface area contributed by atoms with Crippen LogP contribution >= 0.6 is 203 Å². The number of benzene rings is 3. The number of likely N-dealkylation sites (N-methyl/N-ethyl adjacent to an activating group) is 3. The Kier molecular flexibility index (Phi) is 43.2. The van der Waals surface area contributed by atoms with Crippen molar-refractivity contribution < 1.29 is 120 Å². The summed E-state index contributed by atoms with van der Waals surface area (Å²) in [6.07, 6.45) is -13.8. The van der Waals surface area contributed by atoms with Gasteiger partial charge in [-0.2, -0.15) is 0 Å². The van der Waals surface area contributed by atoms with Crippen molar-refractivity contribution in [2.24, 2.45) is 5.92 Å². The quantitative estimate of drug-likeness (QED) is 0.0306. The van der Waals surface area contributed by atoms with Crippen LogP contribution in [0.15, 0.2) is 0 Å². The van der Waals surface area contributed by atoms with E-state index in [2.05, 4.69) is 31.9 Å². The van der Waals surface area contributed by atoms with Gasteiger partial charge in [0.15, 0.2) is 18.3 Å². The Hall–Kier alpha value is -1.14. The molecular weight excluding hydrogens is 2340 g/mol. The van der Waals surface area contributed by atoms with Crippen molar-refractivity contribution in [3.63, 3.8) is 0 Å². The van der Waals surface area contributed by atoms with Crippen LogP contribution in [0.4, 0.5) is 17.1 Å². The third kappa shape index (κ3) is 25.8. The summed E-state index contributed by atoms with van der Waals surface area (Å²) in [5.41, 5.74) is 0.0761.